The summed E-state index contributed by atoms with van der Waals surface area (Å²) in [5.41, 5.74) is 2.66. The van der Waals surface area contributed by atoms with Crippen molar-refractivity contribution in [1.82, 2.24) is 0 Å². The fraction of sp³-hybridized carbons (Fsp3) is 0.417. The largest absolute Gasteiger partial charge is 0.465 e. The first-order valence-electron chi connectivity index (χ1n) is 5.24. The highest BCUT2D eigenvalue weighted by Gasteiger charge is 2.18. The Labute approximate surface area is 94.6 Å². The lowest BCUT2D eigenvalue weighted by Gasteiger charge is -2.28. The van der Waals surface area contributed by atoms with E-state index >= 15 is 0 Å². The maximum absolute atomic E-state index is 11.3. The lowest BCUT2D eigenvalue weighted by molar-refractivity contribution is 0.0211. The van der Waals surface area contributed by atoms with Crippen LogP contribution in [0.15, 0.2) is 18.2 Å². The maximum Gasteiger partial charge on any atom is 0.337 e. The molecule has 1 saturated heterocycles. The third kappa shape index (κ3) is 2.17. The summed E-state index contributed by atoms with van der Waals surface area (Å²) in [7, 11) is 1.38. The Morgan fingerprint density at radius 2 is 2.25 bits per heavy atom. The first-order chi connectivity index (χ1) is 7.70. The van der Waals surface area contributed by atoms with Crippen molar-refractivity contribution >= 4 is 11.7 Å². The molecular formula is C12H15NO3. The molecule has 0 aromatic heterocycles. The van der Waals surface area contributed by atoms with Gasteiger partial charge in [0.25, 0.3) is 0 Å². The Hall–Kier alpha value is -1.55. The van der Waals surface area contributed by atoms with Crippen molar-refractivity contribution < 1.29 is 14.3 Å². The first-order valence-corrected chi connectivity index (χ1v) is 5.24. The van der Waals surface area contributed by atoms with Gasteiger partial charge < -0.3 is 14.8 Å². The number of nitrogens with one attached hydrogen (secondary N) is 1. The zero-order valence-electron chi connectivity index (χ0n) is 9.45. The third-order valence-corrected chi connectivity index (χ3v) is 2.65. The predicted molar refractivity (Wildman–Crippen MR) is 60.7 cm³/mol. The lowest BCUT2D eigenvalue weighted by atomic mass is 10.1. The van der Waals surface area contributed by atoms with Gasteiger partial charge in [-0.3, -0.25) is 0 Å². The highest BCUT2D eigenvalue weighted by atomic mass is 16.5. The third-order valence-electron chi connectivity index (χ3n) is 2.65. The molecule has 0 bridgehead atoms. The molecule has 1 aliphatic heterocycles. The number of anilines is 1. The number of hydrogen-bond donors (Lipinski definition) is 1. The molecule has 1 fully saturated rings. The molecule has 1 heterocycles. The van der Waals surface area contributed by atoms with Crippen LogP contribution in [0, 0.1) is 6.92 Å². The van der Waals surface area contributed by atoms with E-state index in [9.17, 15) is 4.79 Å². The second kappa shape index (κ2) is 4.53. The second-order valence-corrected chi connectivity index (χ2v) is 3.90. The number of hydrogen-bond acceptors (Lipinski definition) is 4. The van der Waals surface area contributed by atoms with E-state index in [2.05, 4.69) is 10.1 Å². The molecule has 0 amide bonds. The lowest BCUT2D eigenvalue weighted by Crippen LogP contribution is -2.40. The monoisotopic (exact) mass is 221 g/mol. The van der Waals surface area contributed by atoms with E-state index in [-0.39, 0.29) is 5.97 Å². The number of esters is 1. The van der Waals surface area contributed by atoms with Gasteiger partial charge in [0.05, 0.1) is 31.9 Å². The van der Waals surface area contributed by atoms with Crippen LogP contribution in [0.2, 0.25) is 0 Å². The minimum absolute atomic E-state index is 0.304. The molecule has 1 N–H and O–H groups in total. The molecule has 4 heteroatoms. The van der Waals surface area contributed by atoms with Gasteiger partial charge in [0.1, 0.15) is 0 Å². The standard InChI is InChI=1S/C12H15NO3/c1-8-5-9(12(14)15-2)3-4-11(8)13-10-6-16-7-10/h3-5,10,13H,6-7H2,1-2H3. The minimum Gasteiger partial charge on any atom is -0.465 e. The summed E-state index contributed by atoms with van der Waals surface area (Å²) in [6.45, 7) is 3.46. The Kier molecular flexibility index (Phi) is 3.10. The topological polar surface area (TPSA) is 47.6 Å². The van der Waals surface area contributed by atoms with Crippen LogP contribution in [0.3, 0.4) is 0 Å². The summed E-state index contributed by atoms with van der Waals surface area (Å²) in [5, 5.41) is 3.35. The van der Waals surface area contributed by atoms with Gasteiger partial charge >= 0.3 is 5.97 Å². The maximum atomic E-state index is 11.3. The van der Waals surface area contributed by atoms with Gasteiger partial charge in [-0.2, -0.15) is 0 Å². The molecule has 1 aromatic rings. The van der Waals surface area contributed by atoms with Crippen LogP contribution in [0.25, 0.3) is 0 Å². The van der Waals surface area contributed by atoms with Crippen molar-refractivity contribution in [3.05, 3.63) is 29.3 Å². The van der Waals surface area contributed by atoms with Crippen LogP contribution in [-0.4, -0.2) is 32.3 Å². The van der Waals surface area contributed by atoms with Crippen molar-refractivity contribution in [2.24, 2.45) is 0 Å². The van der Waals surface area contributed by atoms with Crippen LogP contribution < -0.4 is 5.32 Å². The van der Waals surface area contributed by atoms with Crippen LogP contribution in [0.1, 0.15) is 15.9 Å². The van der Waals surface area contributed by atoms with Crippen LogP contribution >= 0.6 is 0 Å². The molecule has 16 heavy (non-hydrogen) atoms. The molecule has 0 radical (unpaired) electrons. The zero-order chi connectivity index (χ0) is 11.5. The molecule has 1 aromatic carbocycles. The smallest absolute Gasteiger partial charge is 0.337 e. The molecule has 0 aliphatic carbocycles. The van der Waals surface area contributed by atoms with Crippen molar-refractivity contribution in [3.8, 4) is 0 Å². The van der Waals surface area contributed by atoms with E-state index in [1.807, 2.05) is 19.1 Å². The van der Waals surface area contributed by atoms with Crippen molar-refractivity contribution in [2.75, 3.05) is 25.6 Å². The number of carbonyl (C=O) groups excluding carboxylic acids is 1. The second-order valence-electron chi connectivity index (χ2n) is 3.90. The van der Waals surface area contributed by atoms with Crippen molar-refractivity contribution in [3.63, 3.8) is 0 Å². The number of ether oxygens (including phenoxy) is 2. The van der Waals surface area contributed by atoms with E-state index in [0.29, 0.717) is 11.6 Å². The normalized spacial score (nSPS) is 15.4. The van der Waals surface area contributed by atoms with E-state index in [1.54, 1.807) is 6.07 Å². The predicted octanol–water partition coefficient (Wildman–Crippen LogP) is 1.59. The van der Waals surface area contributed by atoms with Gasteiger partial charge in [0.15, 0.2) is 0 Å². The van der Waals surface area contributed by atoms with Crippen LogP contribution in [-0.2, 0) is 9.47 Å². The molecule has 86 valence electrons. The summed E-state index contributed by atoms with van der Waals surface area (Å²) in [6.07, 6.45) is 0. The minimum atomic E-state index is -0.304. The summed E-state index contributed by atoms with van der Waals surface area (Å²) >= 11 is 0. The highest BCUT2D eigenvalue weighted by molar-refractivity contribution is 5.90. The van der Waals surface area contributed by atoms with Crippen LogP contribution in [0.4, 0.5) is 5.69 Å². The Morgan fingerprint density at radius 3 is 2.75 bits per heavy atom. The van der Waals surface area contributed by atoms with Crippen LogP contribution in [0.5, 0.6) is 0 Å². The first kappa shape index (κ1) is 11.0. The quantitative estimate of drug-likeness (QED) is 0.787. The average Bonchev–Trinajstić information content (AvgIpc) is 2.23. The molecule has 0 saturated carbocycles. The van der Waals surface area contributed by atoms with Crippen molar-refractivity contribution in [2.45, 2.75) is 13.0 Å². The molecule has 1 aliphatic rings. The molecule has 0 atom stereocenters. The number of methoxy groups -OCH3 is 1. The van der Waals surface area contributed by atoms with Gasteiger partial charge in [-0.25, -0.2) is 4.79 Å². The summed E-state index contributed by atoms with van der Waals surface area (Å²) in [5.74, 6) is -0.304. The Bertz CT molecular complexity index is 399. The highest BCUT2D eigenvalue weighted by Crippen LogP contribution is 2.19. The fourth-order valence-corrected chi connectivity index (χ4v) is 1.61. The van der Waals surface area contributed by atoms with Gasteiger partial charge in [0, 0.05) is 5.69 Å². The summed E-state index contributed by atoms with van der Waals surface area (Å²) < 4.78 is 9.75. The number of rotatable bonds is 3. The van der Waals surface area contributed by atoms with Gasteiger partial charge in [0.2, 0.25) is 0 Å². The SMILES string of the molecule is COC(=O)c1ccc(NC2COC2)c(C)c1. The summed E-state index contributed by atoms with van der Waals surface area (Å²) in [4.78, 5) is 11.3. The molecular weight excluding hydrogens is 206 g/mol. The van der Waals surface area contributed by atoms with Gasteiger partial charge in [-0.15, -0.1) is 0 Å². The van der Waals surface area contributed by atoms with Gasteiger partial charge in [-0.1, -0.05) is 0 Å². The van der Waals surface area contributed by atoms with E-state index < -0.39 is 0 Å². The average molecular weight is 221 g/mol. The Morgan fingerprint density at radius 1 is 1.50 bits per heavy atom. The van der Waals surface area contributed by atoms with E-state index in [1.165, 1.54) is 7.11 Å². The van der Waals surface area contributed by atoms with E-state index in [0.717, 1.165) is 24.5 Å². The molecule has 0 spiro atoms. The molecule has 4 nitrogen and oxygen atoms in total. The number of benzene rings is 1. The molecule has 0 unspecified atom stereocenters. The van der Waals surface area contributed by atoms with Crippen molar-refractivity contribution in [1.29, 1.82) is 0 Å². The zero-order valence-corrected chi connectivity index (χ0v) is 9.45. The van der Waals surface area contributed by atoms with Gasteiger partial charge in [-0.05, 0) is 30.7 Å². The van der Waals surface area contributed by atoms with E-state index in [4.69, 9.17) is 4.74 Å². The molecule has 2 rings (SSSR count). The number of carbonyl (C=O) groups is 1. The number of aryl methyl sites for hydroxylation is 1. The fourth-order valence-electron chi connectivity index (χ4n) is 1.61. The Balaban J connectivity index is 2.12. The summed E-state index contributed by atoms with van der Waals surface area (Å²) in [6, 6.07) is 5.89.